The first-order chi connectivity index (χ1) is 12.6. The largest absolute Gasteiger partial charge is 0.302 e. The monoisotopic (exact) mass is 408 g/mol. The Labute approximate surface area is 164 Å². The summed E-state index contributed by atoms with van der Waals surface area (Å²) in [4.78, 5) is 13.5. The highest BCUT2D eigenvalue weighted by Gasteiger charge is 2.16. The van der Waals surface area contributed by atoms with Crippen molar-refractivity contribution in [3.05, 3.63) is 21.3 Å². The van der Waals surface area contributed by atoms with E-state index in [-0.39, 0.29) is 11.7 Å². The van der Waals surface area contributed by atoms with Crippen LogP contribution in [0.1, 0.15) is 30.7 Å². The van der Waals surface area contributed by atoms with Gasteiger partial charge in [0.2, 0.25) is 11.0 Å². The van der Waals surface area contributed by atoms with E-state index >= 15 is 0 Å². The third-order valence-corrected chi connectivity index (χ3v) is 6.67. The zero-order chi connectivity index (χ0) is 18.5. The standard InChI is InChI=1S/C16H20N6OS3/c1-4-11-7-10(8-24-11)14-19-21-16(22(14)6-3)25-9-12(23)17-15-20-18-13(5-2)26-15/h7-8H,4-6,9H2,1-3H3,(H,17,20,23). The topological polar surface area (TPSA) is 85.6 Å². The lowest BCUT2D eigenvalue weighted by molar-refractivity contribution is -0.113. The second kappa shape index (κ2) is 8.74. The van der Waals surface area contributed by atoms with E-state index in [1.165, 1.54) is 28.0 Å². The van der Waals surface area contributed by atoms with Gasteiger partial charge in [-0.15, -0.1) is 31.7 Å². The van der Waals surface area contributed by atoms with Crippen molar-refractivity contribution < 1.29 is 4.79 Å². The minimum Gasteiger partial charge on any atom is -0.302 e. The van der Waals surface area contributed by atoms with E-state index < -0.39 is 0 Å². The fourth-order valence-corrected chi connectivity index (χ4v) is 4.62. The lowest BCUT2D eigenvalue weighted by atomic mass is 10.2. The SMILES string of the molecule is CCc1cc(-c2nnc(SCC(=O)Nc3nnc(CC)s3)n2CC)cs1. The molecular formula is C16H20N6OS3. The Kier molecular flexibility index (Phi) is 6.38. The number of hydrogen-bond acceptors (Lipinski definition) is 8. The Bertz CT molecular complexity index is 884. The normalized spacial score (nSPS) is 11.0. The summed E-state index contributed by atoms with van der Waals surface area (Å²) >= 11 is 4.51. The van der Waals surface area contributed by atoms with Gasteiger partial charge in [-0.3, -0.25) is 10.1 Å². The van der Waals surface area contributed by atoms with Crippen LogP contribution in [0, 0.1) is 0 Å². The van der Waals surface area contributed by atoms with Crippen LogP contribution in [0.25, 0.3) is 11.4 Å². The maximum Gasteiger partial charge on any atom is 0.236 e. The van der Waals surface area contributed by atoms with Crippen LogP contribution in [0.2, 0.25) is 0 Å². The molecule has 7 nitrogen and oxygen atoms in total. The summed E-state index contributed by atoms with van der Waals surface area (Å²) in [5, 5.41) is 23.6. The van der Waals surface area contributed by atoms with Crippen molar-refractivity contribution >= 4 is 45.5 Å². The number of amides is 1. The Morgan fingerprint density at radius 1 is 1.19 bits per heavy atom. The van der Waals surface area contributed by atoms with E-state index in [9.17, 15) is 4.79 Å². The van der Waals surface area contributed by atoms with Gasteiger partial charge in [-0.2, -0.15) is 0 Å². The number of aromatic nitrogens is 5. The average Bonchev–Trinajstić information content (AvgIpc) is 3.38. The summed E-state index contributed by atoms with van der Waals surface area (Å²) in [6.07, 6.45) is 1.82. The molecule has 3 aromatic rings. The molecule has 138 valence electrons. The van der Waals surface area contributed by atoms with Crippen LogP contribution in [0.3, 0.4) is 0 Å². The number of anilines is 1. The minimum atomic E-state index is -0.121. The lowest BCUT2D eigenvalue weighted by Crippen LogP contribution is -2.14. The molecule has 0 fully saturated rings. The van der Waals surface area contributed by atoms with Crippen LogP contribution in [-0.2, 0) is 24.2 Å². The first-order valence-electron chi connectivity index (χ1n) is 8.40. The van der Waals surface area contributed by atoms with Gasteiger partial charge in [0.25, 0.3) is 0 Å². The minimum absolute atomic E-state index is 0.121. The van der Waals surface area contributed by atoms with Crippen molar-refractivity contribution in [3.8, 4) is 11.4 Å². The van der Waals surface area contributed by atoms with Gasteiger partial charge < -0.3 is 4.57 Å². The van der Waals surface area contributed by atoms with E-state index in [4.69, 9.17) is 0 Å². The molecule has 10 heteroatoms. The van der Waals surface area contributed by atoms with E-state index in [1.807, 2.05) is 11.5 Å². The predicted molar refractivity (Wildman–Crippen MR) is 107 cm³/mol. The summed E-state index contributed by atoms with van der Waals surface area (Å²) in [5.74, 6) is 0.983. The Morgan fingerprint density at radius 3 is 2.69 bits per heavy atom. The number of rotatable bonds is 8. The lowest BCUT2D eigenvalue weighted by Gasteiger charge is -2.06. The van der Waals surface area contributed by atoms with Crippen LogP contribution < -0.4 is 5.32 Å². The first-order valence-corrected chi connectivity index (χ1v) is 11.1. The molecule has 0 aliphatic heterocycles. The summed E-state index contributed by atoms with van der Waals surface area (Å²) in [6, 6.07) is 2.16. The van der Waals surface area contributed by atoms with Crippen LogP contribution in [0.5, 0.6) is 0 Å². The maximum atomic E-state index is 12.2. The Balaban J connectivity index is 1.65. The molecule has 26 heavy (non-hydrogen) atoms. The van der Waals surface area contributed by atoms with Crippen LogP contribution in [-0.4, -0.2) is 36.6 Å². The van der Waals surface area contributed by atoms with Gasteiger partial charge in [-0.05, 0) is 25.8 Å². The van der Waals surface area contributed by atoms with Gasteiger partial charge in [0, 0.05) is 22.4 Å². The molecule has 0 aliphatic carbocycles. The Morgan fingerprint density at radius 2 is 2.04 bits per heavy atom. The number of thiophene rings is 1. The van der Waals surface area contributed by atoms with Crippen molar-refractivity contribution in [2.24, 2.45) is 0 Å². The van der Waals surface area contributed by atoms with Gasteiger partial charge in [0.05, 0.1) is 5.75 Å². The van der Waals surface area contributed by atoms with E-state index in [0.29, 0.717) is 5.13 Å². The zero-order valence-corrected chi connectivity index (χ0v) is 17.3. The summed E-state index contributed by atoms with van der Waals surface area (Å²) in [5.41, 5.74) is 1.08. The second-order valence-corrected chi connectivity index (χ2v) is 8.40. The number of thioether (sulfide) groups is 1. The molecule has 0 atom stereocenters. The van der Waals surface area contributed by atoms with Gasteiger partial charge in [-0.1, -0.05) is 36.9 Å². The number of nitrogens with zero attached hydrogens (tertiary/aromatic N) is 5. The molecule has 0 saturated heterocycles. The summed E-state index contributed by atoms with van der Waals surface area (Å²) < 4.78 is 2.04. The van der Waals surface area contributed by atoms with Crippen LogP contribution >= 0.6 is 34.4 Å². The van der Waals surface area contributed by atoms with Gasteiger partial charge >= 0.3 is 0 Å². The van der Waals surface area contributed by atoms with Gasteiger partial charge in [0.1, 0.15) is 5.01 Å². The highest BCUT2D eigenvalue weighted by Crippen LogP contribution is 2.28. The third-order valence-electron chi connectivity index (χ3n) is 3.64. The number of carbonyl (C=O) groups is 1. The quantitative estimate of drug-likeness (QED) is 0.572. The molecule has 1 N–H and O–H groups in total. The summed E-state index contributed by atoms with van der Waals surface area (Å²) in [7, 11) is 0. The molecule has 0 bridgehead atoms. The van der Waals surface area contributed by atoms with E-state index in [0.717, 1.165) is 40.9 Å². The highest BCUT2D eigenvalue weighted by atomic mass is 32.2. The van der Waals surface area contributed by atoms with Crippen LogP contribution in [0.4, 0.5) is 5.13 Å². The third kappa shape index (κ3) is 4.30. The molecule has 0 saturated carbocycles. The van der Waals surface area contributed by atoms with Crippen molar-refractivity contribution in [1.29, 1.82) is 0 Å². The fourth-order valence-electron chi connectivity index (χ4n) is 2.31. The molecule has 3 heterocycles. The molecule has 3 aromatic heterocycles. The molecule has 0 radical (unpaired) electrons. The number of hydrogen-bond donors (Lipinski definition) is 1. The molecule has 0 spiro atoms. The highest BCUT2D eigenvalue weighted by molar-refractivity contribution is 7.99. The number of nitrogens with one attached hydrogen (secondary N) is 1. The predicted octanol–water partition coefficient (Wildman–Crippen LogP) is 3.73. The summed E-state index contributed by atoms with van der Waals surface area (Å²) in [6.45, 7) is 6.95. The second-order valence-electron chi connectivity index (χ2n) is 5.40. The maximum absolute atomic E-state index is 12.2. The van der Waals surface area contributed by atoms with Gasteiger partial charge in [-0.25, -0.2) is 0 Å². The zero-order valence-electron chi connectivity index (χ0n) is 14.9. The smallest absolute Gasteiger partial charge is 0.236 e. The molecule has 1 amide bonds. The van der Waals surface area contributed by atoms with E-state index in [2.05, 4.69) is 51.0 Å². The van der Waals surface area contributed by atoms with Crippen molar-refractivity contribution in [1.82, 2.24) is 25.0 Å². The van der Waals surface area contributed by atoms with E-state index in [1.54, 1.807) is 11.3 Å². The average molecular weight is 409 g/mol. The number of carbonyl (C=O) groups excluding carboxylic acids is 1. The molecule has 0 aliphatic rings. The Hall–Kier alpha value is -1.78. The molecular weight excluding hydrogens is 388 g/mol. The van der Waals surface area contributed by atoms with Crippen LogP contribution in [0.15, 0.2) is 16.6 Å². The fraction of sp³-hybridized carbons (Fsp3) is 0.438. The molecule has 0 unspecified atom stereocenters. The van der Waals surface area contributed by atoms with Crippen molar-refractivity contribution in [2.45, 2.75) is 45.3 Å². The van der Waals surface area contributed by atoms with Crippen molar-refractivity contribution in [3.63, 3.8) is 0 Å². The van der Waals surface area contributed by atoms with Crippen molar-refractivity contribution in [2.75, 3.05) is 11.1 Å². The molecule has 3 rings (SSSR count). The van der Waals surface area contributed by atoms with Gasteiger partial charge in [0.15, 0.2) is 11.0 Å². The number of aryl methyl sites for hydroxylation is 2. The molecule has 0 aromatic carbocycles. The first kappa shape index (κ1) is 19.0.